The van der Waals surface area contributed by atoms with Crippen LogP contribution in [0.4, 0.5) is 18.9 Å². The van der Waals surface area contributed by atoms with Gasteiger partial charge in [0.1, 0.15) is 0 Å². The molecule has 21 heavy (non-hydrogen) atoms. The Morgan fingerprint density at radius 3 is 2.62 bits per heavy atom. The predicted octanol–water partition coefficient (Wildman–Crippen LogP) is 4.52. The Hall–Kier alpha value is -2.01. The number of halogens is 4. The van der Waals surface area contributed by atoms with E-state index in [1.165, 1.54) is 18.2 Å². The first-order chi connectivity index (χ1) is 9.86. The first kappa shape index (κ1) is 13.9. The summed E-state index contributed by atoms with van der Waals surface area (Å²) in [4.78, 5) is 11.3. The van der Waals surface area contributed by atoms with Gasteiger partial charge < -0.3 is 5.32 Å². The molecule has 1 aliphatic heterocycles. The second kappa shape index (κ2) is 4.77. The number of hydrogen-bond acceptors (Lipinski definition) is 1. The van der Waals surface area contributed by atoms with Crippen molar-refractivity contribution in [3.8, 4) is 11.1 Å². The maximum Gasteiger partial charge on any atom is 0.418 e. The Labute approximate surface area is 123 Å². The molecular formula is C15H9ClF3NO. The molecule has 0 aromatic heterocycles. The normalized spacial score (nSPS) is 14.0. The van der Waals surface area contributed by atoms with Crippen LogP contribution >= 0.6 is 11.6 Å². The third-order valence-corrected chi connectivity index (χ3v) is 3.65. The van der Waals surface area contributed by atoms with Crippen LogP contribution in [-0.4, -0.2) is 5.91 Å². The summed E-state index contributed by atoms with van der Waals surface area (Å²) >= 11 is 5.72. The highest BCUT2D eigenvalue weighted by molar-refractivity contribution is 6.31. The maximum atomic E-state index is 13.2. The van der Waals surface area contributed by atoms with Crippen molar-refractivity contribution in [2.24, 2.45) is 0 Å². The monoisotopic (exact) mass is 311 g/mol. The molecule has 2 aromatic carbocycles. The second-order valence-electron chi connectivity index (χ2n) is 4.76. The van der Waals surface area contributed by atoms with Gasteiger partial charge in [-0.25, -0.2) is 0 Å². The first-order valence-corrected chi connectivity index (χ1v) is 6.53. The number of anilines is 1. The van der Waals surface area contributed by atoms with Crippen molar-refractivity contribution in [2.45, 2.75) is 12.6 Å². The van der Waals surface area contributed by atoms with Gasteiger partial charge in [0.05, 0.1) is 17.0 Å². The summed E-state index contributed by atoms with van der Waals surface area (Å²) in [5, 5.41) is 2.31. The highest BCUT2D eigenvalue weighted by Gasteiger charge is 2.36. The summed E-state index contributed by atoms with van der Waals surface area (Å²) in [6.45, 7) is 0. The molecule has 0 radical (unpaired) electrons. The molecule has 0 saturated heterocycles. The second-order valence-corrected chi connectivity index (χ2v) is 5.16. The van der Waals surface area contributed by atoms with Gasteiger partial charge in [-0.3, -0.25) is 4.79 Å². The van der Waals surface area contributed by atoms with Gasteiger partial charge in [0.25, 0.3) is 0 Å². The number of alkyl halides is 3. The van der Waals surface area contributed by atoms with E-state index >= 15 is 0 Å². The Morgan fingerprint density at radius 1 is 1.14 bits per heavy atom. The summed E-state index contributed by atoms with van der Waals surface area (Å²) in [5.41, 5.74) is 0.867. The van der Waals surface area contributed by atoms with Crippen molar-refractivity contribution < 1.29 is 18.0 Å². The van der Waals surface area contributed by atoms with E-state index in [-0.39, 0.29) is 22.9 Å². The third-order valence-electron chi connectivity index (χ3n) is 3.34. The lowest BCUT2D eigenvalue weighted by Crippen LogP contribution is -2.08. The van der Waals surface area contributed by atoms with Gasteiger partial charge in [0, 0.05) is 5.69 Å². The molecule has 0 unspecified atom stereocenters. The average Bonchev–Trinajstić information content (AvgIpc) is 2.75. The van der Waals surface area contributed by atoms with E-state index in [9.17, 15) is 18.0 Å². The summed E-state index contributed by atoms with van der Waals surface area (Å²) < 4.78 is 39.5. The average molecular weight is 312 g/mol. The minimum atomic E-state index is -4.54. The van der Waals surface area contributed by atoms with Crippen molar-refractivity contribution in [3.63, 3.8) is 0 Å². The summed E-state index contributed by atoms with van der Waals surface area (Å²) in [5.74, 6) is -0.163. The molecule has 6 heteroatoms. The van der Waals surface area contributed by atoms with Gasteiger partial charge in [0.2, 0.25) is 5.91 Å². The van der Waals surface area contributed by atoms with Gasteiger partial charge in [-0.15, -0.1) is 0 Å². The van der Waals surface area contributed by atoms with Gasteiger partial charge in [0.15, 0.2) is 0 Å². The number of carbonyl (C=O) groups is 1. The lowest BCUT2D eigenvalue weighted by Gasteiger charge is -2.15. The van der Waals surface area contributed by atoms with Crippen LogP contribution in [0.25, 0.3) is 11.1 Å². The number of amides is 1. The Balaban J connectivity index is 2.16. The van der Waals surface area contributed by atoms with Crippen LogP contribution < -0.4 is 5.32 Å². The maximum absolute atomic E-state index is 13.2. The lowest BCUT2D eigenvalue weighted by atomic mass is 9.97. The molecule has 0 atom stereocenters. The van der Waals surface area contributed by atoms with E-state index in [2.05, 4.69) is 5.32 Å². The quantitative estimate of drug-likeness (QED) is 0.824. The van der Waals surface area contributed by atoms with Crippen LogP contribution in [0.5, 0.6) is 0 Å². The van der Waals surface area contributed by atoms with Crippen LogP contribution in [0, 0.1) is 0 Å². The fourth-order valence-corrected chi connectivity index (χ4v) is 2.73. The molecule has 1 N–H and O–H groups in total. The van der Waals surface area contributed by atoms with E-state index in [1.807, 2.05) is 0 Å². The molecule has 3 rings (SSSR count). The minimum Gasteiger partial charge on any atom is -0.326 e. The number of benzene rings is 2. The number of rotatable bonds is 1. The fraction of sp³-hybridized carbons (Fsp3) is 0.133. The number of fused-ring (bicyclic) bond motifs is 1. The molecule has 1 heterocycles. The van der Waals surface area contributed by atoms with Crippen LogP contribution in [0.2, 0.25) is 5.02 Å². The van der Waals surface area contributed by atoms with E-state index in [1.54, 1.807) is 18.2 Å². The molecule has 0 aliphatic carbocycles. The Kier molecular flexibility index (Phi) is 3.17. The minimum absolute atomic E-state index is 0.0112. The summed E-state index contributed by atoms with van der Waals surface area (Å²) in [6, 6.07) is 8.81. The number of nitrogens with one attached hydrogen (secondary N) is 1. The van der Waals surface area contributed by atoms with Crippen LogP contribution in [0.15, 0.2) is 36.4 Å². The van der Waals surface area contributed by atoms with Gasteiger partial charge >= 0.3 is 6.18 Å². The molecule has 2 nitrogen and oxygen atoms in total. The Morgan fingerprint density at radius 2 is 1.90 bits per heavy atom. The molecule has 1 aliphatic rings. The van der Waals surface area contributed by atoms with Crippen molar-refractivity contribution in [1.82, 2.24) is 0 Å². The molecule has 0 saturated carbocycles. The topological polar surface area (TPSA) is 29.1 Å². The van der Waals surface area contributed by atoms with E-state index in [0.717, 1.165) is 0 Å². The zero-order valence-electron chi connectivity index (χ0n) is 10.6. The smallest absolute Gasteiger partial charge is 0.326 e. The Bertz CT molecular complexity index is 740. The van der Waals surface area contributed by atoms with E-state index in [4.69, 9.17) is 11.6 Å². The highest BCUT2D eigenvalue weighted by Crippen LogP contribution is 2.42. The van der Waals surface area contributed by atoms with Crippen LogP contribution in [0.3, 0.4) is 0 Å². The third kappa shape index (κ3) is 2.49. The van der Waals surface area contributed by atoms with Crippen LogP contribution in [0.1, 0.15) is 11.1 Å². The number of carbonyl (C=O) groups excluding carboxylic acids is 1. The van der Waals surface area contributed by atoms with E-state index in [0.29, 0.717) is 16.8 Å². The molecular weight excluding hydrogens is 303 g/mol. The first-order valence-electron chi connectivity index (χ1n) is 6.15. The molecule has 108 valence electrons. The fourth-order valence-electron chi connectivity index (χ4n) is 2.45. The van der Waals surface area contributed by atoms with Gasteiger partial charge in [-0.2, -0.15) is 13.2 Å². The van der Waals surface area contributed by atoms with Gasteiger partial charge in [-0.05, 0) is 34.9 Å². The number of hydrogen-bond donors (Lipinski definition) is 1. The predicted molar refractivity (Wildman–Crippen MR) is 74.2 cm³/mol. The van der Waals surface area contributed by atoms with Crippen molar-refractivity contribution in [3.05, 3.63) is 52.5 Å². The lowest BCUT2D eigenvalue weighted by molar-refractivity contribution is -0.137. The zero-order valence-corrected chi connectivity index (χ0v) is 11.3. The molecule has 1 amide bonds. The van der Waals surface area contributed by atoms with Crippen LogP contribution in [-0.2, 0) is 17.4 Å². The largest absolute Gasteiger partial charge is 0.418 e. The van der Waals surface area contributed by atoms with Crippen molar-refractivity contribution >= 4 is 23.2 Å². The molecule has 0 spiro atoms. The van der Waals surface area contributed by atoms with Gasteiger partial charge in [-0.1, -0.05) is 29.8 Å². The molecule has 2 aromatic rings. The highest BCUT2D eigenvalue weighted by atomic mass is 35.5. The molecule has 0 fully saturated rings. The van der Waals surface area contributed by atoms with E-state index < -0.39 is 11.7 Å². The summed E-state index contributed by atoms with van der Waals surface area (Å²) in [6.07, 6.45) is -4.37. The zero-order chi connectivity index (χ0) is 15.2. The standard InChI is InChI=1S/C15H9ClF3NO/c16-11-3-1-2-10(14(11)15(17,18)19)8-4-5-12-9(6-8)7-13(21)20-12/h1-6H,7H2,(H,20,21). The van der Waals surface area contributed by atoms with Crippen molar-refractivity contribution in [2.75, 3.05) is 5.32 Å². The summed E-state index contributed by atoms with van der Waals surface area (Å²) in [7, 11) is 0. The SMILES string of the molecule is O=C1Cc2cc(-c3cccc(Cl)c3C(F)(F)F)ccc2N1. The van der Waals surface area contributed by atoms with Crippen molar-refractivity contribution in [1.29, 1.82) is 0 Å². The molecule has 0 bridgehead atoms.